The molecule has 0 radical (unpaired) electrons. The first-order valence-electron chi connectivity index (χ1n) is 11.1. The number of aliphatic hydroxyl groups excluding tert-OH is 1. The number of anilines is 1. The molecule has 1 N–H and O–H groups in total. The fourth-order valence-electron chi connectivity index (χ4n) is 5.26. The zero-order chi connectivity index (χ0) is 22.9. The van der Waals surface area contributed by atoms with Gasteiger partial charge in [0, 0.05) is 18.2 Å². The van der Waals surface area contributed by atoms with Crippen LogP contribution in [0.5, 0.6) is 5.75 Å². The average Bonchev–Trinajstić information content (AvgIpc) is 2.84. The Kier molecular flexibility index (Phi) is 5.60. The Morgan fingerprint density at radius 1 is 0.970 bits per heavy atom. The minimum absolute atomic E-state index is 0.00681. The standard InChI is InChI=1S/C27H26N2O4/c1-33-24-14-8-6-12-20(24)27(32)28-16-22-26(19-11-5-7-13-21(19)28)23(17-30)29(22)25(31)15-18-9-3-2-4-10-18/h2-14,22-23,26,30H,15-17H2,1H3/t22-,23+,26+/m1/s1. The topological polar surface area (TPSA) is 70.1 Å². The van der Waals surface area contributed by atoms with E-state index in [-0.39, 0.29) is 42.8 Å². The molecule has 3 atom stereocenters. The van der Waals surface area contributed by atoms with E-state index in [0.717, 1.165) is 16.8 Å². The van der Waals surface area contributed by atoms with Gasteiger partial charge in [-0.15, -0.1) is 0 Å². The van der Waals surface area contributed by atoms with Crippen LogP contribution in [0.2, 0.25) is 0 Å². The second-order valence-electron chi connectivity index (χ2n) is 8.48. The number of ether oxygens (including phenoxy) is 1. The van der Waals surface area contributed by atoms with Crippen LogP contribution < -0.4 is 9.64 Å². The third kappa shape index (κ3) is 3.56. The molecule has 0 unspecified atom stereocenters. The van der Waals surface area contributed by atoms with Crippen molar-refractivity contribution in [1.29, 1.82) is 0 Å². The highest BCUT2D eigenvalue weighted by atomic mass is 16.5. The second-order valence-corrected chi connectivity index (χ2v) is 8.48. The lowest BCUT2D eigenvalue weighted by Gasteiger charge is -2.59. The van der Waals surface area contributed by atoms with Crippen molar-refractivity contribution < 1.29 is 19.4 Å². The summed E-state index contributed by atoms with van der Waals surface area (Å²) in [6, 6.07) is 24.1. The van der Waals surface area contributed by atoms with Gasteiger partial charge in [0.1, 0.15) is 5.75 Å². The Labute approximate surface area is 193 Å². The molecule has 0 aliphatic carbocycles. The number of rotatable bonds is 5. The molecule has 2 amide bonds. The van der Waals surface area contributed by atoms with Crippen molar-refractivity contribution in [2.75, 3.05) is 25.2 Å². The molecule has 5 rings (SSSR count). The fourth-order valence-corrected chi connectivity index (χ4v) is 5.26. The molecule has 1 saturated heterocycles. The summed E-state index contributed by atoms with van der Waals surface area (Å²) in [7, 11) is 1.55. The quantitative estimate of drug-likeness (QED) is 0.659. The van der Waals surface area contributed by atoms with Crippen molar-refractivity contribution in [3.8, 4) is 5.75 Å². The largest absolute Gasteiger partial charge is 0.496 e. The molecule has 6 heteroatoms. The lowest BCUT2D eigenvalue weighted by atomic mass is 9.71. The third-order valence-electron chi connectivity index (χ3n) is 6.76. The summed E-state index contributed by atoms with van der Waals surface area (Å²) in [5.41, 5.74) is 3.22. The van der Waals surface area contributed by atoms with E-state index in [9.17, 15) is 14.7 Å². The van der Waals surface area contributed by atoms with Crippen LogP contribution in [0.15, 0.2) is 78.9 Å². The summed E-state index contributed by atoms with van der Waals surface area (Å²) in [4.78, 5) is 30.4. The molecule has 6 nitrogen and oxygen atoms in total. The number of para-hydroxylation sites is 2. The Morgan fingerprint density at radius 3 is 2.42 bits per heavy atom. The van der Waals surface area contributed by atoms with Crippen molar-refractivity contribution >= 4 is 17.5 Å². The van der Waals surface area contributed by atoms with Crippen LogP contribution in [0.3, 0.4) is 0 Å². The molecular weight excluding hydrogens is 416 g/mol. The SMILES string of the molecule is COc1ccccc1C(=O)N1C[C@@H]2[C@H](c3ccccc31)[C@H](CO)N2C(=O)Cc1ccccc1. The van der Waals surface area contributed by atoms with E-state index in [1.54, 1.807) is 29.0 Å². The molecule has 1 fully saturated rings. The summed E-state index contributed by atoms with van der Waals surface area (Å²) < 4.78 is 5.42. The Bertz CT molecular complexity index is 1180. The number of aliphatic hydroxyl groups is 1. The van der Waals surface area contributed by atoms with Gasteiger partial charge in [-0.05, 0) is 29.3 Å². The van der Waals surface area contributed by atoms with E-state index in [1.807, 2.05) is 66.7 Å². The Morgan fingerprint density at radius 2 is 1.67 bits per heavy atom. The number of methoxy groups -OCH3 is 1. The average molecular weight is 443 g/mol. The smallest absolute Gasteiger partial charge is 0.262 e. The van der Waals surface area contributed by atoms with Crippen molar-refractivity contribution in [1.82, 2.24) is 4.90 Å². The Hall–Kier alpha value is -3.64. The molecule has 168 valence electrons. The number of carbonyl (C=O) groups is 2. The van der Waals surface area contributed by atoms with Crippen LogP contribution in [0.1, 0.15) is 27.4 Å². The van der Waals surface area contributed by atoms with Gasteiger partial charge in [-0.2, -0.15) is 0 Å². The van der Waals surface area contributed by atoms with Crippen LogP contribution in [-0.4, -0.2) is 54.2 Å². The first kappa shape index (κ1) is 21.2. The summed E-state index contributed by atoms with van der Waals surface area (Å²) in [6.07, 6.45) is 0.267. The summed E-state index contributed by atoms with van der Waals surface area (Å²) in [5.74, 6) is 0.306. The van der Waals surface area contributed by atoms with E-state index in [4.69, 9.17) is 4.74 Å². The maximum absolute atomic E-state index is 13.6. The molecule has 0 saturated carbocycles. The fraction of sp³-hybridized carbons (Fsp3) is 0.259. The number of fused-ring (bicyclic) bond motifs is 3. The van der Waals surface area contributed by atoms with Gasteiger partial charge in [0.05, 0.1) is 37.8 Å². The van der Waals surface area contributed by atoms with Crippen LogP contribution in [0.4, 0.5) is 5.69 Å². The van der Waals surface area contributed by atoms with Crippen LogP contribution in [0, 0.1) is 0 Å². The lowest BCUT2D eigenvalue weighted by Crippen LogP contribution is -2.71. The van der Waals surface area contributed by atoms with Gasteiger partial charge in [0.15, 0.2) is 0 Å². The molecule has 3 aromatic rings. The van der Waals surface area contributed by atoms with Crippen molar-refractivity contribution in [2.24, 2.45) is 0 Å². The molecule has 0 bridgehead atoms. The molecule has 0 spiro atoms. The highest BCUT2D eigenvalue weighted by molar-refractivity contribution is 6.09. The van der Waals surface area contributed by atoms with Crippen molar-refractivity contribution in [2.45, 2.75) is 24.4 Å². The normalized spacial score (nSPS) is 21.0. The van der Waals surface area contributed by atoms with Gasteiger partial charge in [0.2, 0.25) is 5.91 Å². The van der Waals surface area contributed by atoms with Crippen LogP contribution in [-0.2, 0) is 11.2 Å². The maximum atomic E-state index is 13.6. The third-order valence-corrected chi connectivity index (χ3v) is 6.76. The highest BCUT2D eigenvalue weighted by Crippen LogP contribution is 2.48. The first-order chi connectivity index (χ1) is 16.1. The number of hydrogen-bond donors (Lipinski definition) is 1. The molecule has 2 heterocycles. The van der Waals surface area contributed by atoms with Gasteiger partial charge in [0.25, 0.3) is 5.91 Å². The zero-order valence-electron chi connectivity index (χ0n) is 18.4. The molecular formula is C27H26N2O4. The lowest BCUT2D eigenvalue weighted by molar-refractivity contribution is -0.149. The summed E-state index contributed by atoms with van der Waals surface area (Å²) in [6.45, 7) is 0.256. The number of nitrogens with zero attached hydrogens (tertiary/aromatic N) is 2. The van der Waals surface area contributed by atoms with Gasteiger partial charge >= 0.3 is 0 Å². The maximum Gasteiger partial charge on any atom is 0.262 e. The predicted molar refractivity (Wildman–Crippen MR) is 126 cm³/mol. The van der Waals surface area contributed by atoms with E-state index < -0.39 is 0 Å². The van der Waals surface area contributed by atoms with E-state index in [1.165, 1.54) is 0 Å². The molecule has 3 aromatic carbocycles. The minimum Gasteiger partial charge on any atom is -0.496 e. The van der Waals surface area contributed by atoms with E-state index in [0.29, 0.717) is 17.9 Å². The highest BCUT2D eigenvalue weighted by Gasteiger charge is 2.55. The van der Waals surface area contributed by atoms with Crippen molar-refractivity contribution in [3.05, 3.63) is 95.6 Å². The van der Waals surface area contributed by atoms with Crippen molar-refractivity contribution in [3.63, 3.8) is 0 Å². The number of hydrogen-bond acceptors (Lipinski definition) is 4. The van der Waals surface area contributed by atoms with Crippen LogP contribution in [0.25, 0.3) is 0 Å². The summed E-state index contributed by atoms with van der Waals surface area (Å²) in [5, 5.41) is 10.2. The monoisotopic (exact) mass is 442 g/mol. The summed E-state index contributed by atoms with van der Waals surface area (Å²) >= 11 is 0. The van der Waals surface area contributed by atoms with E-state index >= 15 is 0 Å². The van der Waals surface area contributed by atoms with Gasteiger partial charge in [-0.1, -0.05) is 60.7 Å². The van der Waals surface area contributed by atoms with Gasteiger partial charge in [-0.25, -0.2) is 0 Å². The Balaban J connectivity index is 1.49. The predicted octanol–water partition coefficient (Wildman–Crippen LogP) is 3.25. The molecule has 2 aliphatic rings. The first-order valence-corrected chi connectivity index (χ1v) is 11.1. The van der Waals surface area contributed by atoms with Gasteiger partial charge < -0.3 is 19.6 Å². The molecule has 0 aromatic heterocycles. The number of benzene rings is 3. The number of carbonyl (C=O) groups excluding carboxylic acids is 2. The minimum atomic E-state index is -0.295. The van der Waals surface area contributed by atoms with Gasteiger partial charge in [-0.3, -0.25) is 9.59 Å². The molecule has 33 heavy (non-hydrogen) atoms. The van der Waals surface area contributed by atoms with Crippen LogP contribution >= 0.6 is 0 Å². The zero-order valence-corrected chi connectivity index (χ0v) is 18.4. The number of likely N-dealkylation sites (tertiary alicyclic amines) is 1. The second kappa shape index (κ2) is 8.71. The molecule has 2 aliphatic heterocycles. The van der Waals surface area contributed by atoms with E-state index in [2.05, 4.69) is 0 Å². The number of amides is 2.